The number of alkyl halides is 4. The number of allylic oxidation sites excluding steroid dienone is 3. The fourth-order valence-corrected chi connectivity index (χ4v) is 1.60. The molecule has 1 aliphatic carbocycles. The Morgan fingerprint density at radius 3 is 2.40 bits per heavy atom. The van der Waals surface area contributed by atoms with Crippen LogP contribution in [0.1, 0.15) is 20.3 Å². The molecule has 0 saturated carbocycles. The van der Waals surface area contributed by atoms with Gasteiger partial charge in [0.1, 0.15) is 5.67 Å². The first-order valence-corrected chi connectivity index (χ1v) is 4.58. The Labute approximate surface area is 85.6 Å². The zero-order chi connectivity index (χ0) is 11.9. The van der Waals surface area contributed by atoms with Crippen LogP contribution in [0.25, 0.3) is 0 Å². The van der Waals surface area contributed by atoms with Crippen molar-refractivity contribution in [2.45, 2.75) is 38.2 Å². The van der Waals surface area contributed by atoms with Gasteiger partial charge in [-0.1, -0.05) is 6.08 Å². The molecular formula is C10H13F4N. The Morgan fingerprint density at radius 2 is 2.00 bits per heavy atom. The minimum absolute atomic E-state index is 0.00248. The molecule has 0 aromatic rings. The van der Waals surface area contributed by atoms with Gasteiger partial charge in [-0.2, -0.15) is 13.2 Å². The van der Waals surface area contributed by atoms with Gasteiger partial charge in [0.2, 0.25) is 0 Å². The lowest BCUT2D eigenvalue weighted by molar-refractivity contribution is -0.0891. The number of rotatable bonds is 1. The predicted octanol–water partition coefficient (Wildman–Crippen LogP) is 2.88. The van der Waals surface area contributed by atoms with E-state index in [1.54, 1.807) is 0 Å². The van der Waals surface area contributed by atoms with Crippen LogP contribution in [-0.2, 0) is 0 Å². The second kappa shape index (κ2) is 3.63. The van der Waals surface area contributed by atoms with Crippen molar-refractivity contribution in [1.82, 2.24) is 0 Å². The first-order chi connectivity index (χ1) is 6.64. The molecule has 0 aliphatic heterocycles. The van der Waals surface area contributed by atoms with Crippen LogP contribution in [0.3, 0.4) is 0 Å². The van der Waals surface area contributed by atoms with Crippen molar-refractivity contribution in [3.05, 3.63) is 23.3 Å². The highest BCUT2D eigenvalue weighted by molar-refractivity contribution is 5.39. The molecular weight excluding hydrogens is 210 g/mol. The Balaban J connectivity index is 3.08. The molecule has 0 aromatic carbocycles. The molecule has 86 valence electrons. The molecule has 15 heavy (non-hydrogen) atoms. The van der Waals surface area contributed by atoms with Crippen LogP contribution in [-0.4, -0.2) is 17.9 Å². The van der Waals surface area contributed by atoms with E-state index in [1.165, 1.54) is 13.8 Å². The standard InChI is InChI=1S/C10H13F4N/c1-6(15)8-5-7(10(12,13)14)3-4-9(8,2)11/h3,5-6H,4,15H2,1-2H3. The van der Waals surface area contributed by atoms with E-state index < -0.39 is 23.5 Å². The fourth-order valence-electron chi connectivity index (χ4n) is 1.60. The smallest absolute Gasteiger partial charge is 0.324 e. The maximum atomic E-state index is 13.8. The van der Waals surface area contributed by atoms with Crippen molar-refractivity contribution in [1.29, 1.82) is 0 Å². The van der Waals surface area contributed by atoms with Gasteiger partial charge in [-0.15, -0.1) is 0 Å². The third-order valence-corrected chi connectivity index (χ3v) is 2.44. The minimum atomic E-state index is -4.43. The van der Waals surface area contributed by atoms with Crippen LogP contribution in [0.15, 0.2) is 23.3 Å². The highest BCUT2D eigenvalue weighted by Crippen LogP contribution is 2.38. The lowest BCUT2D eigenvalue weighted by atomic mass is 9.83. The molecule has 2 atom stereocenters. The molecule has 0 bridgehead atoms. The molecule has 2 unspecified atom stereocenters. The van der Waals surface area contributed by atoms with Crippen molar-refractivity contribution in [2.24, 2.45) is 5.73 Å². The lowest BCUT2D eigenvalue weighted by Crippen LogP contribution is -2.35. The Hall–Kier alpha value is -0.840. The second-order valence-electron chi connectivity index (χ2n) is 3.95. The SMILES string of the molecule is CC(N)C1=CC(C(F)(F)F)=CCC1(C)F. The molecule has 0 saturated heterocycles. The molecule has 5 heteroatoms. The van der Waals surface area contributed by atoms with Gasteiger partial charge in [-0.25, -0.2) is 4.39 Å². The Morgan fingerprint density at radius 1 is 1.47 bits per heavy atom. The van der Waals surface area contributed by atoms with Gasteiger partial charge in [0.25, 0.3) is 0 Å². The Bertz CT molecular complexity index is 310. The van der Waals surface area contributed by atoms with Crippen molar-refractivity contribution < 1.29 is 17.6 Å². The topological polar surface area (TPSA) is 26.0 Å². The van der Waals surface area contributed by atoms with E-state index in [-0.39, 0.29) is 12.0 Å². The first kappa shape index (κ1) is 12.2. The molecule has 0 heterocycles. The normalized spacial score (nSPS) is 29.5. The zero-order valence-corrected chi connectivity index (χ0v) is 8.53. The van der Waals surface area contributed by atoms with Crippen LogP contribution in [0, 0.1) is 0 Å². The summed E-state index contributed by atoms with van der Waals surface area (Å²) in [6.07, 6.45) is -3.04. The van der Waals surface area contributed by atoms with Crippen LogP contribution in [0.5, 0.6) is 0 Å². The second-order valence-corrected chi connectivity index (χ2v) is 3.95. The molecule has 1 rings (SSSR count). The molecule has 0 amide bonds. The number of hydrogen-bond acceptors (Lipinski definition) is 1. The number of halogens is 4. The maximum absolute atomic E-state index is 13.8. The summed E-state index contributed by atoms with van der Waals surface area (Å²) in [6, 6.07) is -0.717. The van der Waals surface area contributed by atoms with Gasteiger partial charge in [-0.3, -0.25) is 0 Å². The first-order valence-electron chi connectivity index (χ1n) is 4.58. The monoisotopic (exact) mass is 223 g/mol. The summed E-state index contributed by atoms with van der Waals surface area (Å²) in [7, 11) is 0. The van der Waals surface area contributed by atoms with Crippen molar-refractivity contribution in [3.63, 3.8) is 0 Å². The average molecular weight is 223 g/mol. The Kier molecular flexibility index (Phi) is 2.96. The molecule has 0 spiro atoms. The third kappa shape index (κ3) is 2.59. The summed E-state index contributed by atoms with van der Waals surface area (Å²) in [4.78, 5) is 0. The van der Waals surface area contributed by atoms with Crippen molar-refractivity contribution in [2.75, 3.05) is 0 Å². The highest BCUT2D eigenvalue weighted by atomic mass is 19.4. The molecule has 0 aromatic heterocycles. The molecule has 0 radical (unpaired) electrons. The van der Waals surface area contributed by atoms with Crippen molar-refractivity contribution >= 4 is 0 Å². The zero-order valence-electron chi connectivity index (χ0n) is 8.53. The fraction of sp³-hybridized carbons (Fsp3) is 0.600. The average Bonchev–Trinajstić information content (AvgIpc) is 2.00. The molecule has 2 N–H and O–H groups in total. The van der Waals surface area contributed by atoms with Crippen LogP contribution in [0.2, 0.25) is 0 Å². The third-order valence-electron chi connectivity index (χ3n) is 2.44. The number of nitrogens with two attached hydrogens (primary N) is 1. The van der Waals surface area contributed by atoms with E-state index in [2.05, 4.69) is 0 Å². The number of hydrogen-bond donors (Lipinski definition) is 1. The molecule has 1 aliphatic rings. The van der Waals surface area contributed by atoms with E-state index in [9.17, 15) is 17.6 Å². The van der Waals surface area contributed by atoms with Crippen LogP contribution >= 0.6 is 0 Å². The van der Waals surface area contributed by atoms with Crippen LogP contribution in [0.4, 0.5) is 17.6 Å². The predicted molar refractivity (Wildman–Crippen MR) is 50.0 cm³/mol. The van der Waals surface area contributed by atoms with Gasteiger partial charge >= 0.3 is 6.18 Å². The van der Waals surface area contributed by atoms with Crippen molar-refractivity contribution in [3.8, 4) is 0 Å². The van der Waals surface area contributed by atoms with Gasteiger partial charge in [0.05, 0.1) is 5.57 Å². The van der Waals surface area contributed by atoms with Gasteiger partial charge in [0, 0.05) is 12.5 Å². The van der Waals surface area contributed by atoms with E-state index in [0.29, 0.717) is 0 Å². The largest absolute Gasteiger partial charge is 0.416 e. The van der Waals surface area contributed by atoms with E-state index in [4.69, 9.17) is 5.73 Å². The lowest BCUT2D eigenvalue weighted by Gasteiger charge is -2.30. The van der Waals surface area contributed by atoms with E-state index in [0.717, 1.165) is 12.2 Å². The summed E-state index contributed by atoms with van der Waals surface area (Å²) < 4.78 is 50.8. The van der Waals surface area contributed by atoms with E-state index in [1.807, 2.05) is 0 Å². The van der Waals surface area contributed by atoms with Crippen LogP contribution < -0.4 is 5.73 Å². The summed E-state index contributed by atoms with van der Waals surface area (Å²) in [6.45, 7) is 2.72. The summed E-state index contributed by atoms with van der Waals surface area (Å²) in [5.74, 6) is 0. The maximum Gasteiger partial charge on any atom is 0.416 e. The minimum Gasteiger partial charge on any atom is -0.324 e. The molecule has 1 nitrogen and oxygen atoms in total. The molecule has 0 fully saturated rings. The van der Waals surface area contributed by atoms with Gasteiger partial charge in [-0.05, 0) is 25.5 Å². The summed E-state index contributed by atoms with van der Waals surface area (Å²) >= 11 is 0. The van der Waals surface area contributed by atoms with Gasteiger partial charge in [0.15, 0.2) is 0 Å². The van der Waals surface area contributed by atoms with E-state index >= 15 is 0 Å². The highest BCUT2D eigenvalue weighted by Gasteiger charge is 2.39. The quantitative estimate of drug-likeness (QED) is 0.679. The summed E-state index contributed by atoms with van der Waals surface area (Å²) in [5.41, 5.74) is 2.85. The summed E-state index contributed by atoms with van der Waals surface area (Å²) in [5, 5.41) is 0. The van der Waals surface area contributed by atoms with Gasteiger partial charge < -0.3 is 5.73 Å².